The third-order valence-corrected chi connectivity index (χ3v) is 5.43. The lowest BCUT2D eigenvalue weighted by Gasteiger charge is -2.35. The molecule has 1 aromatic rings. The highest BCUT2D eigenvalue weighted by atomic mass is 32.2. The predicted octanol–water partition coefficient (Wildman–Crippen LogP) is 1.55. The maximum Gasteiger partial charge on any atom is 0.240 e. The van der Waals surface area contributed by atoms with Gasteiger partial charge in [-0.25, -0.2) is 13.1 Å². The summed E-state index contributed by atoms with van der Waals surface area (Å²) in [6, 6.07) is 5.15. The predicted molar refractivity (Wildman–Crippen MR) is 82.5 cm³/mol. The van der Waals surface area contributed by atoms with Crippen LogP contribution in [0.2, 0.25) is 0 Å². The van der Waals surface area contributed by atoms with E-state index >= 15 is 0 Å². The van der Waals surface area contributed by atoms with Crippen molar-refractivity contribution in [3.63, 3.8) is 0 Å². The highest BCUT2D eigenvalue weighted by Crippen LogP contribution is 2.25. The lowest BCUT2D eigenvalue weighted by molar-refractivity contribution is -0.00475. The second kappa shape index (κ2) is 6.87. The zero-order valence-electron chi connectivity index (χ0n) is 12.6. The fourth-order valence-electron chi connectivity index (χ4n) is 2.63. The summed E-state index contributed by atoms with van der Waals surface area (Å²) in [5.41, 5.74) is 7.68. The lowest BCUT2D eigenvalue weighted by atomic mass is 9.90. The van der Waals surface area contributed by atoms with Gasteiger partial charge in [0.1, 0.15) is 0 Å². The number of sulfonamides is 1. The van der Waals surface area contributed by atoms with Gasteiger partial charge in [0.25, 0.3) is 0 Å². The standard InChI is InChI=1S/C15H24N2O3S/c1-3-11-5-6-15(7-12(11)10-16)21(18,19)17-13-8-14(9-13)20-4-2/h5-7,13-14,17H,3-4,8-10,16H2,1-2H3. The van der Waals surface area contributed by atoms with Crippen LogP contribution in [0, 0.1) is 0 Å². The van der Waals surface area contributed by atoms with Gasteiger partial charge >= 0.3 is 0 Å². The first-order valence-corrected chi connectivity index (χ1v) is 8.94. The lowest BCUT2D eigenvalue weighted by Crippen LogP contribution is -2.47. The van der Waals surface area contributed by atoms with Gasteiger partial charge < -0.3 is 10.5 Å². The van der Waals surface area contributed by atoms with E-state index in [0.717, 1.165) is 30.4 Å². The van der Waals surface area contributed by atoms with Crippen LogP contribution in [0.4, 0.5) is 0 Å². The molecule has 1 saturated carbocycles. The van der Waals surface area contributed by atoms with Crippen LogP contribution in [0.1, 0.15) is 37.8 Å². The van der Waals surface area contributed by atoms with Crippen molar-refractivity contribution in [2.45, 2.75) is 56.7 Å². The number of rotatable bonds is 7. The van der Waals surface area contributed by atoms with E-state index in [1.165, 1.54) is 0 Å². The summed E-state index contributed by atoms with van der Waals surface area (Å²) in [7, 11) is -3.48. The van der Waals surface area contributed by atoms with Gasteiger partial charge in [-0.2, -0.15) is 0 Å². The second-order valence-corrected chi connectivity index (χ2v) is 7.07. The minimum Gasteiger partial charge on any atom is -0.378 e. The van der Waals surface area contributed by atoms with Crippen molar-refractivity contribution in [2.24, 2.45) is 5.73 Å². The van der Waals surface area contributed by atoms with Gasteiger partial charge in [0.15, 0.2) is 0 Å². The summed E-state index contributed by atoms with van der Waals surface area (Å²) in [6.07, 6.45) is 2.51. The Labute approximate surface area is 126 Å². The summed E-state index contributed by atoms with van der Waals surface area (Å²) >= 11 is 0. The van der Waals surface area contributed by atoms with Crippen LogP contribution in [0.15, 0.2) is 23.1 Å². The van der Waals surface area contributed by atoms with E-state index in [4.69, 9.17) is 10.5 Å². The molecule has 1 aliphatic carbocycles. The van der Waals surface area contributed by atoms with E-state index in [1.807, 2.05) is 19.9 Å². The van der Waals surface area contributed by atoms with Crippen LogP contribution in [0.3, 0.4) is 0 Å². The van der Waals surface area contributed by atoms with Gasteiger partial charge in [-0.1, -0.05) is 13.0 Å². The molecule has 1 aromatic carbocycles. The molecule has 0 spiro atoms. The molecule has 118 valence electrons. The largest absolute Gasteiger partial charge is 0.378 e. The number of nitrogens with one attached hydrogen (secondary N) is 1. The molecule has 21 heavy (non-hydrogen) atoms. The molecule has 0 atom stereocenters. The molecule has 0 heterocycles. The molecule has 0 aliphatic heterocycles. The first kappa shape index (κ1) is 16.4. The van der Waals surface area contributed by atoms with Gasteiger partial charge in [0, 0.05) is 19.2 Å². The van der Waals surface area contributed by atoms with E-state index in [2.05, 4.69) is 4.72 Å². The summed E-state index contributed by atoms with van der Waals surface area (Å²) in [5, 5.41) is 0. The van der Waals surface area contributed by atoms with Crippen LogP contribution in [0.25, 0.3) is 0 Å². The molecule has 6 heteroatoms. The van der Waals surface area contributed by atoms with Crippen LogP contribution < -0.4 is 10.5 Å². The second-order valence-electron chi connectivity index (χ2n) is 5.36. The number of hydrogen-bond donors (Lipinski definition) is 2. The first-order chi connectivity index (χ1) is 10.00. The molecule has 0 unspecified atom stereocenters. The molecule has 2 rings (SSSR count). The Kier molecular flexibility index (Phi) is 5.37. The molecule has 0 bridgehead atoms. The number of nitrogens with two attached hydrogens (primary N) is 1. The van der Waals surface area contributed by atoms with Gasteiger partial charge in [0.05, 0.1) is 11.0 Å². The monoisotopic (exact) mass is 312 g/mol. The fourth-order valence-corrected chi connectivity index (χ4v) is 3.94. The zero-order valence-corrected chi connectivity index (χ0v) is 13.4. The van der Waals surface area contributed by atoms with Crippen molar-refractivity contribution in [1.82, 2.24) is 4.72 Å². The smallest absolute Gasteiger partial charge is 0.240 e. The number of ether oxygens (including phenoxy) is 1. The van der Waals surface area contributed by atoms with E-state index in [0.29, 0.717) is 18.0 Å². The highest BCUT2D eigenvalue weighted by molar-refractivity contribution is 7.89. The SMILES string of the molecule is CCOC1CC(NS(=O)(=O)c2ccc(CC)c(CN)c2)C1. The van der Waals surface area contributed by atoms with E-state index in [1.54, 1.807) is 12.1 Å². The summed E-state index contributed by atoms with van der Waals surface area (Å²) in [5.74, 6) is 0. The van der Waals surface area contributed by atoms with Gasteiger partial charge in [0.2, 0.25) is 10.0 Å². The Morgan fingerprint density at radius 2 is 2.00 bits per heavy atom. The molecule has 0 radical (unpaired) electrons. The molecule has 0 saturated heterocycles. The molecular weight excluding hydrogens is 288 g/mol. The number of aryl methyl sites for hydroxylation is 1. The van der Waals surface area contributed by atoms with Gasteiger partial charge in [-0.05, 0) is 49.4 Å². The average molecular weight is 312 g/mol. The molecule has 0 aromatic heterocycles. The third-order valence-electron chi connectivity index (χ3n) is 3.91. The Morgan fingerprint density at radius 1 is 1.29 bits per heavy atom. The third kappa shape index (κ3) is 3.83. The molecule has 3 N–H and O–H groups in total. The Morgan fingerprint density at radius 3 is 2.57 bits per heavy atom. The first-order valence-electron chi connectivity index (χ1n) is 7.46. The maximum absolute atomic E-state index is 12.4. The Hall–Kier alpha value is -0.950. The molecule has 1 fully saturated rings. The van der Waals surface area contributed by atoms with Crippen LogP contribution in [-0.2, 0) is 27.7 Å². The van der Waals surface area contributed by atoms with Crippen molar-refractivity contribution in [2.75, 3.05) is 6.61 Å². The average Bonchev–Trinajstić information content (AvgIpc) is 2.44. The summed E-state index contributed by atoms with van der Waals surface area (Å²) in [4.78, 5) is 0.292. The van der Waals surface area contributed by atoms with Crippen molar-refractivity contribution in [3.05, 3.63) is 29.3 Å². The number of benzene rings is 1. The summed E-state index contributed by atoms with van der Waals surface area (Å²) < 4.78 is 32.9. The number of hydrogen-bond acceptors (Lipinski definition) is 4. The fraction of sp³-hybridized carbons (Fsp3) is 0.600. The van der Waals surface area contributed by atoms with Crippen molar-refractivity contribution < 1.29 is 13.2 Å². The van der Waals surface area contributed by atoms with Crippen molar-refractivity contribution in [3.8, 4) is 0 Å². The summed E-state index contributed by atoms with van der Waals surface area (Å²) in [6.45, 7) is 5.00. The topological polar surface area (TPSA) is 81.4 Å². The van der Waals surface area contributed by atoms with E-state index < -0.39 is 10.0 Å². The van der Waals surface area contributed by atoms with E-state index in [-0.39, 0.29) is 12.1 Å². The van der Waals surface area contributed by atoms with Gasteiger partial charge in [-0.15, -0.1) is 0 Å². The van der Waals surface area contributed by atoms with Crippen molar-refractivity contribution in [1.29, 1.82) is 0 Å². The van der Waals surface area contributed by atoms with E-state index in [9.17, 15) is 8.42 Å². The van der Waals surface area contributed by atoms with Crippen LogP contribution in [-0.4, -0.2) is 27.2 Å². The zero-order chi connectivity index (χ0) is 15.5. The maximum atomic E-state index is 12.4. The molecular formula is C15H24N2O3S. The quantitative estimate of drug-likeness (QED) is 0.800. The van der Waals surface area contributed by atoms with Crippen molar-refractivity contribution >= 4 is 10.0 Å². The van der Waals surface area contributed by atoms with Crippen LogP contribution in [0.5, 0.6) is 0 Å². The normalized spacial score (nSPS) is 22.0. The van der Waals surface area contributed by atoms with Crippen LogP contribution >= 0.6 is 0 Å². The minimum atomic E-state index is -3.48. The molecule has 0 amide bonds. The highest BCUT2D eigenvalue weighted by Gasteiger charge is 2.33. The Balaban J connectivity index is 2.06. The minimum absolute atomic E-state index is 0.0290. The molecule has 1 aliphatic rings. The Bertz CT molecular complexity index is 581. The van der Waals surface area contributed by atoms with Gasteiger partial charge in [-0.3, -0.25) is 0 Å². The molecule has 5 nitrogen and oxygen atoms in total.